The molecule has 0 spiro atoms. The van der Waals surface area contributed by atoms with E-state index in [-0.39, 0.29) is 23.5 Å². The maximum Gasteiger partial charge on any atom is 0.436 e. The topological polar surface area (TPSA) is 74.2 Å². The Kier molecular flexibility index (Phi) is 9.49. The predicted molar refractivity (Wildman–Crippen MR) is 154 cm³/mol. The van der Waals surface area contributed by atoms with Crippen molar-refractivity contribution in [3.63, 3.8) is 0 Å². The molecule has 0 heterocycles. The first-order valence-electron chi connectivity index (χ1n) is 15.4. The molecule has 4 rings (SSSR count). The van der Waals surface area contributed by atoms with E-state index in [2.05, 4.69) is 51.5 Å². The number of quaternary nitrogens is 1. The monoisotopic (exact) mass is 549 g/mol. The third-order valence-electron chi connectivity index (χ3n) is 11.0. The zero-order valence-electron chi connectivity index (χ0n) is 25.3. The lowest BCUT2D eigenvalue weighted by atomic mass is 9.46. The van der Waals surface area contributed by atoms with Crippen molar-refractivity contribution >= 4 is 11.8 Å². The molecule has 0 bridgehead atoms. The van der Waals surface area contributed by atoms with Crippen LogP contribution in [-0.4, -0.2) is 92.9 Å². The Morgan fingerprint density at radius 2 is 1.90 bits per heavy atom. The van der Waals surface area contributed by atoms with Crippen LogP contribution in [0.3, 0.4) is 0 Å². The predicted octanol–water partition coefficient (Wildman–Crippen LogP) is 5.01. The number of aliphatic hydroxyl groups is 1. The number of hydrogen-bond acceptors (Lipinski definition) is 5. The molecule has 8 heteroatoms. The zero-order chi connectivity index (χ0) is 28.4. The lowest BCUT2D eigenvalue weighted by Crippen LogP contribution is -2.51. The molecular weight excluding hydrogens is 495 g/mol. The second-order valence-corrected chi connectivity index (χ2v) is 14.3. The highest BCUT2D eigenvalue weighted by Crippen LogP contribution is 2.66. The summed E-state index contributed by atoms with van der Waals surface area (Å²) < 4.78 is 14.0. The minimum Gasteiger partial charge on any atom is -0.389 e. The highest BCUT2D eigenvalue weighted by molar-refractivity contribution is 5.85. The molecule has 0 radical (unpaired) electrons. The van der Waals surface area contributed by atoms with Crippen LogP contribution in [0.4, 0.5) is 9.18 Å². The van der Waals surface area contributed by atoms with E-state index in [0.717, 1.165) is 49.0 Å². The Labute approximate surface area is 235 Å². The highest BCUT2D eigenvalue weighted by atomic mass is 19.1. The van der Waals surface area contributed by atoms with Crippen molar-refractivity contribution in [3.05, 3.63) is 11.6 Å². The molecule has 39 heavy (non-hydrogen) atoms. The summed E-state index contributed by atoms with van der Waals surface area (Å²) in [5.41, 5.74) is 2.81. The van der Waals surface area contributed by atoms with Crippen LogP contribution in [0, 0.1) is 34.5 Å². The molecule has 0 aromatic rings. The Balaban J connectivity index is 1.35. The summed E-state index contributed by atoms with van der Waals surface area (Å²) in [7, 11) is 6.41. The number of halogens is 1. The number of alkyl halides is 1. The Hall–Kier alpha value is -1.51. The van der Waals surface area contributed by atoms with Gasteiger partial charge in [0.25, 0.3) is 0 Å². The van der Waals surface area contributed by atoms with E-state index in [4.69, 9.17) is 4.84 Å². The van der Waals surface area contributed by atoms with E-state index in [1.165, 1.54) is 36.2 Å². The van der Waals surface area contributed by atoms with Crippen LogP contribution in [0.2, 0.25) is 0 Å². The molecule has 0 unspecified atom stereocenters. The van der Waals surface area contributed by atoms with E-state index in [9.17, 15) is 14.3 Å². The number of carbonyl (C=O) groups is 1. The molecule has 7 atom stereocenters. The number of oxime groups is 1. The van der Waals surface area contributed by atoms with Crippen LogP contribution in [0.15, 0.2) is 16.8 Å². The third-order valence-corrected chi connectivity index (χ3v) is 11.0. The minimum absolute atomic E-state index is 0.0168. The van der Waals surface area contributed by atoms with Gasteiger partial charge in [-0.05, 0) is 86.9 Å². The normalized spacial score (nSPS) is 36.5. The van der Waals surface area contributed by atoms with E-state index >= 15 is 0 Å². The van der Waals surface area contributed by atoms with E-state index in [1.54, 1.807) is 0 Å². The maximum atomic E-state index is 13.2. The number of hydrogen-bond donors (Lipinski definition) is 2. The molecule has 3 saturated carbocycles. The van der Waals surface area contributed by atoms with Gasteiger partial charge in [-0.25, -0.2) is 9.18 Å². The van der Waals surface area contributed by atoms with Gasteiger partial charge in [-0.15, -0.1) is 0 Å². The number of nitrogens with zero attached hydrogens (tertiary/aromatic N) is 3. The molecule has 222 valence electrons. The lowest BCUT2D eigenvalue weighted by Gasteiger charge is -2.58. The summed E-state index contributed by atoms with van der Waals surface area (Å²) in [6, 6.07) is 0. The number of aliphatic hydroxyl groups excluding tert-OH is 1. The van der Waals surface area contributed by atoms with Crippen LogP contribution in [-0.2, 0) is 4.84 Å². The van der Waals surface area contributed by atoms with Crippen LogP contribution in [0.25, 0.3) is 0 Å². The van der Waals surface area contributed by atoms with Gasteiger partial charge >= 0.3 is 6.09 Å². The Morgan fingerprint density at radius 1 is 1.13 bits per heavy atom. The van der Waals surface area contributed by atoms with Crippen molar-refractivity contribution in [2.45, 2.75) is 78.2 Å². The molecule has 3 fully saturated rings. The minimum atomic E-state index is -0.601. The molecule has 0 aromatic heterocycles. The van der Waals surface area contributed by atoms with Crippen molar-refractivity contribution in [3.8, 4) is 0 Å². The Morgan fingerprint density at radius 3 is 2.62 bits per heavy atom. The van der Waals surface area contributed by atoms with Gasteiger partial charge in [0.1, 0.15) is 6.67 Å². The molecule has 4 aliphatic rings. The molecule has 0 saturated heterocycles. The zero-order valence-corrected chi connectivity index (χ0v) is 25.3. The van der Waals surface area contributed by atoms with E-state index < -0.39 is 12.8 Å². The van der Waals surface area contributed by atoms with Crippen molar-refractivity contribution in [1.82, 2.24) is 10.2 Å². The molecule has 4 aliphatic carbocycles. The fourth-order valence-corrected chi connectivity index (χ4v) is 8.78. The van der Waals surface area contributed by atoms with Crippen molar-refractivity contribution in [2.75, 3.05) is 60.5 Å². The van der Waals surface area contributed by atoms with Gasteiger partial charge in [0.2, 0.25) is 0 Å². The number of likely N-dealkylation sites (N-methyl/N-ethyl adjacent to an activating group) is 1. The van der Waals surface area contributed by atoms with E-state index in [1.807, 2.05) is 6.92 Å². The van der Waals surface area contributed by atoms with Gasteiger partial charge in [0.05, 0.1) is 46.0 Å². The summed E-state index contributed by atoms with van der Waals surface area (Å²) in [4.78, 5) is 19.6. The summed E-state index contributed by atoms with van der Waals surface area (Å²) in [5, 5.41) is 17.9. The Bertz CT molecular complexity index is 933. The van der Waals surface area contributed by atoms with E-state index in [0.29, 0.717) is 36.8 Å². The van der Waals surface area contributed by atoms with Crippen LogP contribution < -0.4 is 5.32 Å². The number of carbonyl (C=O) groups excluding carboxylic acids is 1. The van der Waals surface area contributed by atoms with Crippen LogP contribution in [0.5, 0.6) is 0 Å². The van der Waals surface area contributed by atoms with Gasteiger partial charge in [0, 0.05) is 25.6 Å². The smallest absolute Gasteiger partial charge is 0.389 e. The van der Waals surface area contributed by atoms with Gasteiger partial charge in [-0.2, -0.15) is 0 Å². The average molecular weight is 550 g/mol. The maximum absolute atomic E-state index is 13.2. The number of fused-ring (bicyclic) bond motifs is 5. The molecule has 7 nitrogen and oxygen atoms in total. The summed E-state index contributed by atoms with van der Waals surface area (Å²) >= 11 is 0. The van der Waals surface area contributed by atoms with Gasteiger partial charge < -0.3 is 19.8 Å². The molecular formula is C31H54FN4O3+. The second kappa shape index (κ2) is 12.2. The SMILES string of the molecule is C/C(=N\OC(=O)N(CCF)CCNCC[N+](C)(C)C)[C@H]1CC[C@H]2[C@@H]3CCC4=C[C@@H](O)CC[C@]4(C)[C@H]3CC[C@]12C. The van der Waals surface area contributed by atoms with Gasteiger partial charge in [-0.3, -0.25) is 4.84 Å². The fourth-order valence-electron chi connectivity index (χ4n) is 8.78. The second-order valence-electron chi connectivity index (χ2n) is 14.3. The number of nitrogens with one attached hydrogen (secondary N) is 1. The van der Waals surface area contributed by atoms with Crippen molar-refractivity contribution < 1.29 is 23.6 Å². The summed E-state index contributed by atoms with van der Waals surface area (Å²) in [5.74, 6) is 2.38. The highest BCUT2D eigenvalue weighted by Gasteiger charge is 2.59. The first-order valence-corrected chi connectivity index (χ1v) is 15.4. The van der Waals surface area contributed by atoms with Crippen molar-refractivity contribution in [2.24, 2.45) is 39.7 Å². The fraction of sp³-hybridized carbons (Fsp3) is 0.871. The molecule has 0 aliphatic heterocycles. The first kappa shape index (κ1) is 30.4. The largest absolute Gasteiger partial charge is 0.436 e. The van der Waals surface area contributed by atoms with Crippen molar-refractivity contribution in [1.29, 1.82) is 0 Å². The van der Waals surface area contributed by atoms with Crippen LogP contribution in [0.1, 0.15) is 72.1 Å². The van der Waals surface area contributed by atoms with Crippen LogP contribution >= 0.6 is 0 Å². The average Bonchev–Trinajstić information content (AvgIpc) is 3.23. The molecule has 1 amide bonds. The number of allylic oxidation sites excluding steroid dienone is 1. The van der Waals surface area contributed by atoms with Gasteiger partial charge in [-0.1, -0.05) is 30.7 Å². The first-order chi connectivity index (χ1) is 18.4. The number of amides is 1. The quantitative estimate of drug-likeness (QED) is 0.100. The third kappa shape index (κ3) is 6.54. The molecule has 2 N–H and O–H groups in total. The standard InChI is InChI=1S/C31H54FN4O3/c1-22(34-39-29(38)35(18-15-32)19-16-33-17-20-36(4,5)6)26-9-10-27-25-8-7-23-21-24(37)11-13-30(23,2)28(25)12-14-31(26,27)3/h21,24-28,33,37H,7-20H2,1-6H3/q+1/b34-22+/t24-,25-,26+,27-,28-,30-,31+/m0/s1. The lowest BCUT2D eigenvalue weighted by molar-refractivity contribution is -0.869. The number of rotatable bonds is 10. The van der Waals surface area contributed by atoms with Gasteiger partial charge in [0.15, 0.2) is 0 Å². The molecule has 0 aromatic carbocycles. The summed E-state index contributed by atoms with van der Waals surface area (Å²) in [6.07, 6.45) is 10.3. The summed E-state index contributed by atoms with van der Waals surface area (Å²) in [6.45, 7) is 9.13.